The summed E-state index contributed by atoms with van der Waals surface area (Å²) in [4.78, 5) is 15.1. The molecular weight excluding hydrogens is 344 g/mol. The predicted octanol–water partition coefficient (Wildman–Crippen LogP) is 5.16. The molecule has 0 bridgehead atoms. The lowest BCUT2D eigenvalue weighted by atomic mass is 9.98. The van der Waals surface area contributed by atoms with Crippen molar-refractivity contribution in [1.82, 2.24) is 0 Å². The molecule has 0 spiro atoms. The van der Waals surface area contributed by atoms with Crippen molar-refractivity contribution in [3.63, 3.8) is 0 Å². The summed E-state index contributed by atoms with van der Waals surface area (Å²) in [5.41, 5.74) is 4.94. The van der Waals surface area contributed by atoms with Gasteiger partial charge in [-0.05, 0) is 41.8 Å². The number of fused-ring (bicyclic) bond motifs is 1. The van der Waals surface area contributed by atoms with E-state index in [0.717, 1.165) is 25.2 Å². The van der Waals surface area contributed by atoms with Crippen molar-refractivity contribution in [2.45, 2.75) is 13.0 Å². The Kier molecular flexibility index (Phi) is 4.63. The number of amides is 1. The molecule has 4 rings (SSSR count). The van der Waals surface area contributed by atoms with Crippen LogP contribution >= 0.6 is 11.6 Å². The fourth-order valence-electron chi connectivity index (χ4n) is 3.39. The van der Waals surface area contributed by atoms with Gasteiger partial charge in [0.2, 0.25) is 0 Å². The van der Waals surface area contributed by atoms with Gasteiger partial charge in [0.15, 0.2) is 0 Å². The van der Waals surface area contributed by atoms with Crippen LogP contribution in [0.15, 0.2) is 72.8 Å². The molecule has 0 atom stereocenters. The van der Waals surface area contributed by atoms with Gasteiger partial charge in [-0.2, -0.15) is 0 Å². The zero-order valence-corrected chi connectivity index (χ0v) is 15.0. The first-order chi connectivity index (χ1) is 12.7. The number of hydrogen-bond acceptors (Lipinski definition) is 2. The van der Waals surface area contributed by atoms with E-state index in [1.165, 1.54) is 11.1 Å². The van der Waals surface area contributed by atoms with Gasteiger partial charge in [-0.1, -0.05) is 60.1 Å². The van der Waals surface area contributed by atoms with Crippen LogP contribution in [0.25, 0.3) is 0 Å². The van der Waals surface area contributed by atoms with Gasteiger partial charge in [-0.25, -0.2) is 0 Å². The molecular formula is C22H19ClN2O. The molecule has 3 aromatic carbocycles. The second-order valence-corrected chi connectivity index (χ2v) is 6.80. The molecule has 0 fully saturated rings. The molecule has 0 aliphatic carbocycles. The Hall–Kier alpha value is -2.78. The van der Waals surface area contributed by atoms with Crippen LogP contribution < -0.4 is 10.2 Å². The number of nitrogens with zero attached hydrogens (tertiary/aromatic N) is 1. The second kappa shape index (κ2) is 7.22. The van der Waals surface area contributed by atoms with E-state index in [4.69, 9.17) is 11.6 Å². The van der Waals surface area contributed by atoms with E-state index in [9.17, 15) is 4.79 Å². The fourth-order valence-corrected chi connectivity index (χ4v) is 3.58. The Labute approximate surface area is 158 Å². The van der Waals surface area contributed by atoms with E-state index in [2.05, 4.69) is 34.5 Å². The van der Waals surface area contributed by atoms with E-state index in [1.807, 2.05) is 36.4 Å². The highest BCUT2D eigenvalue weighted by molar-refractivity contribution is 6.34. The number of carbonyl (C=O) groups is 1. The molecule has 1 aliphatic heterocycles. The number of nitrogens with one attached hydrogen (secondary N) is 1. The summed E-state index contributed by atoms with van der Waals surface area (Å²) in [5.74, 6) is -0.146. The van der Waals surface area contributed by atoms with Crippen LogP contribution in [0.4, 0.5) is 11.4 Å². The van der Waals surface area contributed by atoms with Crippen molar-refractivity contribution in [3.05, 3.63) is 94.5 Å². The molecule has 4 heteroatoms. The third-order valence-electron chi connectivity index (χ3n) is 4.74. The molecule has 130 valence electrons. The molecule has 3 nitrogen and oxygen atoms in total. The SMILES string of the molecule is O=C(Nc1ccccc1Cl)c1ccccc1N1CCc2ccccc2C1. The number of rotatable bonds is 3. The van der Waals surface area contributed by atoms with E-state index in [0.29, 0.717) is 16.3 Å². The summed E-state index contributed by atoms with van der Waals surface area (Å²) in [6, 6.07) is 23.5. The second-order valence-electron chi connectivity index (χ2n) is 6.39. The van der Waals surface area contributed by atoms with Gasteiger partial charge < -0.3 is 10.2 Å². The number of anilines is 2. The minimum absolute atomic E-state index is 0.146. The van der Waals surface area contributed by atoms with Crippen molar-refractivity contribution in [2.75, 3.05) is 16.8 Å². The first kappa shape index (κ1) is 16.7. The number of hydrogen-bond donors (Lipinski definition) is 1. The molecule has 1 amide bonds. The van der Waals surface area contributed by atoms with Crippen LogP contribution in [0.1, 0.15) is 21.5 Å². The topological polar surface area (TPSA) is 32.3 Å². The van der Waals surface area contributed by atoms with Gasteiger partial charge in [0.05, 0.1) is 16.3 Å². The number of carbonyl (C=O) groups excluding carboxylic acids is 1. The zero-order valence-electron chi connectivity index (χ0n) is 14.3. The summed E-state index contributed by atoms with van der Waals surface area (Å²) in [6.45, 7) is 1.71. The van der Waals surface area contributed by atoms with Crippen molar-refractivity contribution in [3.8, 4) is 0 Å². The summed E-state index contributed by atoms with van der Waals surface area (Å²) >= 11 is 6.18. The summed E-state index contributed by atoms with van der Waals surface area (Å²) < 4.78 is 0. The van der Waals surface area contributed by atoms with Crippen molar-refractivity contribution in [2.24, 2.45) is 0 Å². The largest absolute Gasteiger partial charge is 0.366 e. The number of halogens is 1. The lowest BCUT2D eigenvalue weighted by Crippen LogP contribution is -2.32. The molecule has 1 aliphatic rings. The van der Waals surface area contributed by atoms with Crippen molar-refractivity contribution >= 4 is 28.9 Å². The molecule has 0 radical (unpaired) electrons. The van der Waals surface area contributed by atoms with Crippen molar-refractivity contribution < 1.29 is 4.79 Å². The Balaban J connectivity index is 1.61. The maximum Gasteiger partial charge on any atom is 0.257 e. The Bertz CT molecular complexity index is 954. The zero-order chi connectivity index (χ0) is 17.9. The predicted molar refractivity (Wildman–Crippen MR) is 107 cm³/mol. The van der Waals surface area contributed by atoms with Crippen LogP contribution in [-0.2, 0) is 13.0 Å². The smallest absolute Gasteiger partial charge is 0.257 e. The molecule has 0 unspecified atom stereocenters. The van der Waals surface area contributed by atoms with Gasteiger partial charge in [-0.3, -0.25) is 4.79 Å². The quantitative estimate of drug-likeness (QED) is 0.698. The van der Waals surface area contributed by atoms with Crippen molar-refractivity contribution in [1.29, 1.82) is 0 Å². The van der Waals surface area contributed by atoms with Crippen LogP contribution in [0, 0.1) is 0 Å². The fraction of sp³-hybridized carbons (Fsp3) is 0.136. The van der Waals surface area contributed by atoms with Gasteiger partial charge in [0.1, 0.15) is 0 Å². The van der Waals surface area contributed by atoms with Crippen LogP contribution in [0.2, 0.25) is 5.02 Å². The minimum Gasteiger partial charge on any atom is -0.366 e. The standard InChI is InChI=1S/C22H19ClN2O/c23-19-10-4-5-11-20(19)24-22(26)18-9-3-6-12-21(18)25-14-13-16-7-1-2-8-17(16)15-25/h1-12H,13-15H2,(H,24,26). The van der Waals surface area contributed by atoms with E-state index < -0.39 is 0 Å². The molecule has 26 heavy (non-hydrogen) atoms. The van der Waals surface area contributed by atoms with E-state index in [1.54, 1.807) is 12.1 Å². The monoisotopic (exact) mass is 362 g/mol. The molecule has 0 saturated carbocycles. The number of benzene rings is 3. The average Bonchev–Trinajstić information content (AvgIpc) is 2.69. The maximum atomic E-state index is 12.9. The molecule has 1 heterocycles. The Morgan fingerprint density at radius 3 is 2.42 bits per heavy atom. The molecule has 0 saturated heterocycles. The van der Waals surface area contributed by atoms with Gasteiger partial charge in [0.25, 0.3) is 5.91 Å². The van der Waals surface area contributed by atoms with Crippen LogP contribution in [0.5, 0.6) is 0 Å². The maximum absolute atomic E-state index is 12.9. The summed E-state index contributed by atoms with van der Waals surface area (Å²) in [6.07, 6.45) is 0.983. The normalized spacial score (nSPS) is 13.2. The number of para-hydroxylation sites is 2. The lowest BCUT2D eigenvalue weighted by Gasteiger charge is -2.32. The highest BCUT2D eigenvalue weighted by Gasteiger charge is 2.21. The summed E-state index contributed by atoms with van der Waals surface area (Å²) in [5, 5.41) is 3.46. The van der Waals surface area contributed by atoms with Gasteiger partial charge in [-0.15, -0.1) is 0 Å². The van der Waals surface area contributed by atoms with E-state index >= 15 is 0 Å². The van der Waals surface area contributed by atoms with Gasteiger partial charge >= 0.3 is 0 Å². The third-order valence-corrected chi connectivity index (χ3v) is 5.07. The highest BCUT2D eigenvalue weighted by Crippen LogP contribution is 2.29. The highest BCUT2D eigenvalue weighted by atomic mass is 35.5. The van der Waals surface area contributed by atoms with Crippen LogP contribution in [0.3, 0.4) is 0 Å². The summed E-state index contributed by atoms with van der Waals surface area (Å²) in [7, 11) is 0. The van der Waals surface area contributed by atoms with Crippen LogP contribution in [-0.4, -0.2) is 12.5 Å². The van der Waals surface area contributed by atoms with E-state index in [-0.39, 0.29) is 5.91 Å². The Morgan fingerprint density at radius 2 is 1.58 bits per heavy atom. The Morgan fingerprint density at radius 1 is 0.885 bits per heavy atom. The van der Waals surface area contributed by atoms with Gasteiger partial charge in [0, 0.05) is 18.8 Å². The molecule has 1 N–H and O–H groups in total. The average molecular weight is 363 g/mol. The lowest BCUT2D eigenvalue weighted by molar-refractivity contribution is 0.102. The first-order valence-corrected chi connectivity index (χ1v) is 9.07. The third kappa shape index (κ3) is 3.31. The first-order valence-electron chi connectivity index (χ1n) is 8.69. The molecule has 3 aromatic rings. The molecule has 0 aromatic heterocycles. The minimum atomic E-state index is -0.146.